The molecule has 3 aliphatic rings. The van der Waals surface area contributed by atoms with Gasteiger partial charge in [-0.15, -0.1) is 0 Å². The third kappa shape index (κ3) is 3.43. The first-order valence-corrected chi connectivity index (χ1v) is 11.5. The highest BCUT2D eigenvalue weighted by Crippen LogP contribution is 2.39. The minimum absolute atomic E-state index is 0.000982. The Hall–Kier alpha value is -3.05. The van der Waals surface area contributed by atoms with E-state index in [1.807, 2.05) is 12.1 Å². The molecule has 2 bridgehead atoms. The minimum atomic E-state index is -3.85. The van der Waals surface area contributed by atoms with Gasteiger partial charge in [-0.05, 0) is 41.0 Å². The van der Waals surface area contributed by atoms with Crippen molar-refractivity contribution < 1.29 is 12.8 Å². The number of fused-ring (bicyclic) bond motifs is 2. The predicted molar refractivity (Wildman–Crippen MR) is 115 cm³/mol. The van der Waals surface area contributed by atoms with Gasteiger partial charge in [-0.3, -0.25) is 0 Å². The fourth-order valence-corrected chi connectivity index (χ4v) is 6.14. The maximum absolute atomic E-state index is 14.1. The molecule has 1 N–H and O–H groups in total. The number of hydrogen-bond donors (Lipinski definition) is 1. The molecule has 3 aromatic carbocycles. The van der Waals surface area contributed by atoms with Gasteiger partial charge in [0.05, 0.1) is 11.6 Å². The molecule has 3 atom stereocenters. The van der Waals surface area contributed by atoms with Crippen molar-refractivity contribution >= 4 is 10.0 Å². The molecule has 0 aromatic heterocycles. The average Bonchev–Trinajstić information content (AvgIpc) is 2.80. The molecular weight excluding hydrogens is 413 g/mol. The molecule has 3 heterocycles. The summed E-state index contributed by atoms with van der Waals surface area (Å²) in [6.07, 6.45) is 0. The van der Waals surface area contributed by atoms with Gasteiger partial charge in [0.1, 0.15) is 10.7 Å². The maximum Gasteiger partial charge on any atom is 0.246 e. The summed E-state index contributed by atoms with van der Waals surface area (Å²) in [6, 6.07) is 23.4. The van der Waals surface area contributed by atoms with Crippen molar-refractivity contribution in [3.63, 3.8) is 0 Å². The highest BCUT2D eigenvalue weighted by molar-refractivity contribution is 7.89. The molecule has 0 aliphatic carbocycles. The fraction of sp³-hybridized carbons (Fsp3) is 0.208. The molecule has 156 valence electrons. The number of nitrogens with zero attached hydrogens (tertiary/aromatic N) is 2. The number of nitriles is 1. The van der Waals surface area contributed by atoms with Crippen LogP contribution in [0.4, 0.5) is 4.39 Å². The second kappa shape index (κ2) is 7.57. The number of piperazine rings is 1. The number of sulfonamides is 1. The minimum Gasteiger partial charge on any atom is -0.307 e. The normalized spacial score (nSPS) is 23.0. The van der Waals surface area contributed by atoms with Crippen molar-refractivity contribution in [1.29, 1.82) is 5.26 Å². The van der Waals surface area contributed by atoms with Crippen molar-refractivity contribution in [2.45, 2.75) is 22.9 Å². The molecule has 3 fully saturated rings. The van der Waals surface area contributed by atoms with E-state index in [1.165, 1.54) is 28.6 Å². The van der Waals surface area contributed by atoms with Gasteiger partial charge in [0, 0.05) is 31.1 Å². The Morgan fingerprint density at radius 1 is 0.903 bits per heavy atom. The number of halogens is 1. The first kappa shape index (κ1) is 19.9. The fourth-order valence-electron chi connectivity index (χ4n) is 4.58. The van der Waals surface area contributed by atoms with Gasteiger partial charge in [0.25, 0.3) is 0 Å². The Morgan fingerprint density at radius 2 is 1.48 bits per heavy atom. The van der Waals surface area contributed by atoms with Gasteiger partial charge in [-0.25, -0.2) is 12.8 Å². The van der Waals surface area contributed by atoms with Crippen LogP contribution in [-0.4, -0.2) is 37.9 Å². The van der Waals surface area contributed by atoms with Crippen LogP contribution in [0, 0.1) is 17.1 Å². The summed E-state index contributed by atoms with van der Waals surface area (Å²) >= 11 is 0. The summed E-state index contributed by atoms with van der Waals surface area (Å²) in [5.74, 6) is -0.494. The van der Waals surface area contributed by atoms with Crippen LogP contribution in [0.3, 0.4) is 0 Å². The SMILES string of the molecule is N#Cc1ccc(-c2ccc(C3[C@@H]4CN(S(=O)(=O)c5ccccc5F)C[C@H]3N4)cc2)cc1. The van der Waals surface area contributed by atoms with Crippen LogP contribution in [0.5, 0.6) is 0 Å². The summed E-state index contributed by atoms with van der Waals surface area (Å²) in [6.45, 7) is 0.629. The highest BCUT2D eigenvalue weighted by Gasteiger charge is 2.50. The maximum atomic E-state index is 14.1. The molecule has 0 amide bonds. The standard InChI is InChI=1S/C24H20FN3O2S/c25-20-3-1-2-4-23(20)31(29,30)28-14-21-24(22(15-28)27-21)19-11-9-18(10-12-19)17-7-5-16(13-26)6-8-17/h1-12,21-22,24,27H,14-15H2/t21-,22+,24?. The van der Waals surface area contributed by atoms with Crippen molar-refractivity contribution in [2.24, 2.45) is 0 Å². The Balaban J connectivity index is 1.32. The van der Waals surface area contributed by atoms with Crippen molar-refractivity contribution in [2.75, 3.05) is 13.1 Å². The Morgan fingerprint density at radius 3 is 2.06 bits per heavy atom. The zero-order chi connectivity index (χ0) is 21.6. The third-order valence-electron chi connectivity index (χ3n) is 6.19. The van der Waals surface area contributed by atoms with E-state index in [0.717, 1.165) is 16.7 Å². The summed E-state index contributed by atoms with van der Waals surface area (Å²) < 4.78 is 41.3. The van der Waals surface area contributed by atoms with Crippen molar-refractivity contribution in [1.82, 2.24) is 9.62 Å². The van der Waals surface area contributed by atoms with Gasteiger partial charge in [0.2, 0.25) is 10.0 Å². The van der Waals surface area contributed by atoms with Crippen LogP contribution in [0.1, 0.15) is 17.0 Å². The zero-order valence-corrected chi connectivity index (χ0v) is 17.4. The van der Waals surface area contributed by atoms with E-state index >= 15 is 0 Å². The lowest BCUT2D eigenvalue weighted by Gasteiger charge is -2.54. The van der Waals surface area contributed by atoms with Gasteiger partial charge in [-0.2, -0.15) is 9.57 Å². The van der Waals surface area contributed by atoms with Crippen LogP contribution in [0.25, 0.3) is 11.1 Å². The van der Waals surface area contributed by atoms with E-state index in [1.54, 1.807) is 12.1 Å². The molecular formula is C24H20FN3O2S. The third-order valence-corrected chi connectivity index (χ3v) is 8.06. The van der Waals surface area contributed by atoms with E-state index in [2.05, 4.69) is 35.7 Å². The van der Waals surface area contributed by atoms with Crippen LogP contribution in [0.15, 0.2) is 77.7 Å². The first-order valence-electron chi connectivity index (χ1n) is 10.1. The van der Waals surface area contributed by atoms with E-state index in [0.29, 0.717) is 18.7 Å². The number of hydrogen-bond acceptors (Lipinski definition) is 4. The second-order valence-electron chi connectivity index (χ2n) is 7.97. The first-order chi connectivity index (χ1) is 15.0. The summed E-state index contributed by atoms with van der Waals surface area (Å²) in [4.78, 5) is -0.264. The number of rotatable bonds is 4. The van der Waals surface area contributed by atoms with Crippen molar-refractivity contribution in [3.05, 3.63) is 89.7 Å². The van der Waals surface area contributed by atoms with Crippen LogP contribution in [-0.2, 0) is 10.0 Å². The molecule has 7 heteroatoms. The lowest BCUT2D eigenvalue weighted by molar-refractivity contribution is 0.101. The van der Waals surface area contributed by atoms with E-state index in [9.17, 15) is 12.8 Å². The Labute approximate surface area is 180 Å². The molecule has 0 spiro atoms. The molecule has 5 nitrogen and oxygen atoms in total. The lowest BCUT2D eigenvalue weighted by atomic mass is 9.75. The summed E-state index contributed by atoms with van der Waals surface area (Å²) in [7, 11) is -3.85. The topological polar surface area (TPSA) is 73.2 Å². The molecule has 3 aromatic rings. The van der Waals surface area contributed by atoms with Gasteiger partial charge >= 0.3 is 0 Å². The lowest BCUT2D eigenvalue weighted by Crippen LogP contribution is -2.72. The summed E-state index contributed by atoms with van der Waals surface area (Å²) in [5.41, 5.74) is 3.90. The Kier molecular flexibility index (Phi) is 4.86. The predicted octanol–water partition coefficient (Wildman–Crippen LogP) is 3.49. The smallest absolute Gasteiger partial charge is 0.246 e. The van der Waals surface area contributed by atoms with E-state index in [-0.39, 0.29) is 22.9 Å². The zero-order valence-electron chi connectivity index (χ0n) is 16.6. The largest absolute Gasteiger partial charge is 0.307 e. The second-order valence-corrected chi connectivity index (χ2v) is 9.88. The molecule has 31 heavy (non-hydrogen) atoms. The van der Waals surface area contributed by atoms with Crippen LogP contribution in [0.2, 0.25) is 0 Å². The monoisotopic (exact) mass is 433 g/mol. The van der Waals surface area contributed by atoms with Crippen LogP contribution >= 0.6 is 0 Å². The molecule has 3 aliphatic heterocycles. The Bertz CT molecular complexity index is 1260. The molecule has 1 unspecified atom stereocenters. The quantitative estimate of drug-likeness (QED) is 0.684. The highest BCUT2D eigenvalue weighted by atomic mass is 32.2. The molecule has 6 rings (SSSR count). The number of piperidine rings is 1. The van der Waals surface area contributed by atoms with Crippen LogP contribution < -0.4 is 5.32 Å². The number of nitrogens with one attached hydrogen (secondary N) is 1. The van der Waals surface area contributed by atoms with Gasteiger partial charge in [-0.1, -0.05) is 48.5 Å². The van der Waals surface area contributed by atoms with Gasteiger partial charge in [0.15, 0.2) is 0 Å². The van der Waals surface area contributed by atoms with Crippen molar-refractivity contribution in [3.8, 4) is 17.2 Å². The van der Waals surface area contributed by atoms with E-state index in [4.69, 9.17) is 5.26 Å². The van der Waals surface area contributed by atoms with Gasteiger partial charge < -0.3 is 5.32 Å². The molecule has 0 saturated carbocycles. The number of benzene rings is 3. The molecule has 3 saturated heterocycles. The molecule has 0 radical (unpaired) electrons. The summed E-state index contributed by atoms with van der Waals surface area (Å²) in [5, 5.41) is 12.4. The average molecular weight is 434 g/mol. The van der Waals surface area contributed by atoms with E-state index < -0.39 is 15.8 Å².